The molecule has 4 heteroatoms. The van der Waals surface area contributed by atoms with Gasteiger partial charge in [-0.3, -0.25) is 0 Å². The van der Waals surface area contributed by atoms with E-state index in [-0.39, 0.29) is 5.54 Å². The molecule has 2 heterocycles. The minimum atomic E-state index is -0.239. The Labute approximate surface area is 88.9 Å². The molecule has 15 heavy (non-hydrogen) atoms. The number of rotatable bonds is 1. The zero-order chi connectivity index (χ0) is 10.5. The fraction of sp³-hybridized carbons (Fsp3) is 0.636. The molecule has 1 aromatic heterocycles. The Bertz CT molecular complexity index is 413. The zero-order valence-corrected chi connectivity index (χ0v) is 8.92. The number of ether oxygens (including phenoxy) is 1. The standard InChI is InChI=1S/C11H15N3O/c1-7-8-2-5-15-6-9(8)14-10(13-7)11(12)3-4-11/h2-6,12H2,1H3. The third-order valence-electron chi connectivity index (χ3n) is 3.27. The van der Waals surface area contributed by atoms with Crippen molar-refractivity contribution in [3.63, 3.8) is 0 Å². The molecule has 0 bridgehead atoms. The van der Waals surface area contributed by atoms with E-state index >= 15 is 0 Å². The summed E-state index contributed by atoms with van der Waals surface area (Å²) in [6.45, 7) is 3.44. The number of aromatic nitrogens is 2. The highest BCUT2D eigenvalue weighted by Gasteiger charge is 2.43. The maximum absolute atomic E-state index is 6.10. The highest BCUT2D eigenvalue weighted by atomic mass is 16.5. The minimum absolute atomic E-state index is 0.239. The average Bonchev–Trinajstić information content (AvgIpc) is 2.98. The van der Waals surface area contributed by atoms with Gasteiger partial charge < -0.3 is 10.5 Å². The largest absolute Gasteiger partial charge is 0.375 e. The van der Waals surface area contributed by atoms with Crippen LogP contribution in [0.1, 0.15) is 35.6 Å². The number of aryl methyl sites for hydroxylation is 1. The van der Waals surface area contributed by atoms with E-state index in [2.05, 4.69) is 9.97 Å². The maximum atomic E-state index is 6.10. The summed E-state index contributed by atoms with van der Waals surface area (Å²) >= 11 is 0. The second kappa shape index (κ2) is 3.00. The highest BCUT2D eigenvalue weighted by molar-refractivity contribution is 5.29. The van der Waals surface area contributed by atoms with Gasteiger partial charge in [-0.1, -0.05) is 0 Å². The van der Waals surface area contributed by atoms with Crippen LogP contribution in [-0.4, -0.2) is 16.6 Å². The van der Waals surface area contributed by atoms with Crippen LogP contribution < -0.4 is 5.73 Å². The normalized spacial score (nSPS) is 22.3. The van der Waals surface area contributed by atoms with Crippen LogP contribution in [-0.2, 0) is 23.3 Å². The van der Waals surface area contributed by atoms with Crippen LogP contribution in [0.15, 0.2) is 0 Å². The Balaban J connectivity index is 2.08. The van der Waals surface area contributed by atoms with Crippen molar-refractivity contribution in [2.75, 3.05) is 6.61 Å². The molecule has 1 saturated carbocycles. The Morgan fingerprint density at radius 1 is 1.33 bits per heavy atom. The fourth-order valence-electron chi connectivity index (χ4n) is 2.02. The van der Waals surface area contributed by atoms with E-state index < -0.39 is 0 Å². The molecular weight excluding hydrogens is 190 g/mol. The molecule has 0 aromatic carbocycles. The molecule has 0 unspecified atom stereocenters. The first-order valence-corrected chi connectivity index (χ1v) is 5.42. The molecule has 0 radical (unpaired) electrons. The van der Waals surface area contributed by atoms with Crippen LogP contribution in [0.2, 0.25) is 0 Å². The summed E-state index contributed by atoms with van der Waals surface area (Å²) in [5.41, 5.74) is 9.24. The van der Waals surface area contributed by atoms with E-state index in [9.17, 15) is 0 Å². The van der Waals surface area contributed by atoms with Crippen LogP contribution in [0.25, 0.3) is 0 Å². The van der Waals surface area contributed by atoms with Crippen LogP contribution >= 0.6 is 0 Å². The van der Waals surface area contributed by atoms with Crippen molar-refractivity contribution in [2.45, 2.75) is 38.3 Å². The number of hydrogen-bond acceptors (Lipinski definition) is 4. The predicted octanol–water partition coefficient (Wildman–Crippen LogP) is 0.806. The van der Waals surface area contributed by atoms with E-state index in [1.165, 1.54) is 5.56 Å². The third-order valence-corrected chi connectivity index (χ3v) is 3.27. The Hall–Kier alpha value is -1.00. The topological polar surface area (TPSA) is 61.0 Å². The molecule has 0 amide bonds. The van der Waals surface area contributed by atoms with Crippen molar-refractivity contribution in [3.05, 3.63) is 22.8 Å². The molecule has 0 spiro atoms. The molecule has 0 saturated heterocycles. The summed E-state index contributed by atoms with van der Waals surface area (Å²) in [6.07, 6.45) is 2.94. The Morgan fingerprint density at radius 2 is 2.13 bits per heavy atom. The lowest BCUT2D eigenvalue weighted by molar-refractivity contribution is 0.106. The number of hydrogen-bond donors (Lipinski definition) is 1. The van der Waals surface area contributed by atoms with Gasteiger partial charge in [-0.15, -0.1) is 0 Å². The average molecular weight is 205 g/mol. The maximum Gasteiger partial charge on any atom is 0.148 e. The van der Waals surface area contributed by atoms with Gasteiger partial charge in [0.1, 0.15) is 5.82 Å². The predicted molar refractivity (Wildman–Crippen MR) is 55.2 cm³/mol. The Kier molecular flexibility index (Phi) is 1.85. The van der Waals surface area contributed by atoms with Gasteiger partial charge in [0.25, 0.3) is 0 Å². The van der Waals surface area contributed by atoms with Gasteiger partial charge in [-0.25, -0.2) is 9.97 Å². The van der Waals surface area contributed by atoms with Crippen molar-refractivity contribution >= 4 is 0 Å². The van der Waals surface area contributed by atoms with Gasteiger partial charge in [0.05, 0.1) is 24.4 Å². The van der Waals surface area contributed by atoms with E-state index in [1.807, 2.05) is 6.92 Å². The molecule has 1 aliphatic heterocycles. The van der Waals surface area contributed by atoms with Gasteiger partial charge in [0.15, 0.2) is 0 Å². The van der Waals surface area contributed by atoms with Gasteiger partial charge in [-0.05, 0) is 31.7 Å². The first kappa shape index (κ1) is 9.24. The molecular formula is C11H15N3O. The van der Waals surface area contributed by atoms with Gasteiger partial charge in [0.2, 0.25) is 0 Å². The lowest BCUT2D eigenvalue weighted by Crippen LogP contribution is -2.25. The monoisotopic (exact) mass is 205 g/mol. The van der Waals surface area contributed by atoms with Crippen molar-refractivity contribution in [1.29, 1.82) is 0 Å². The van der Waals surface area contributed by atoms with E-state index in [4.69, 9.17) is 10.5 Å². The molecule has 1 aliphatic carbocycles. The van der Waals surface area contributed by atoms with Crippen LogP contribution in [0, 0.1) is 6.92 Å². The van der Waals surface area contributed by atoms with E-state index in [0.717, 1.165) is 43.1 Å². The summed E-state index contributed by atoms with van der Waals surface area (Å²) in [7, 11) is 0. The van der Waals surface area contributed by atoms with Gasteiger partial charge in [-0.2, -0.15) is 0 Å². The van der Waals surface area contributed by atoms with Crippen LogP contribution in [0.4, 0.5) is 0 Å². The summed E-state index contributed by atoms with van der Waals surface area (Å²) < 4.78 is 5.41. The number of nitrogens with two attached hydrogens (primary N) is 1. The van der Waals surface area contributed by atoms with Gasteiger partial charge >= 0.3 is 0 Å². The molecule has 80 valence electrons. The van der Waals surface area contributed by atoms with E-state index in [0.29, 0.717) is 6.61 Å². The molecule has 2 N–H and O–H groups in total. The summed E-state index contributed by atoms with van der Waals surface area (Å²) in [5.74, 6) is 0.809. The molecule has 0 atom stereocenters. The quantitative estimate of drug-likeness (QED) is 0.737. The minimum Gasteiger partial charge on any atom is -0.375 e. The van der Waals surface area contributed by atoms with Crippen molar-refractivity contribution < 1.29 is 4.74 Å². The second-order valence-electron chi connectivity index (χ2n) is 4.52. The first-order valence-electron chi connectivity index (χ1n) is 5.42. The third kappa shape index (κ3) is 1.44. The first-order chi connectivity index (χ1) is 7.19. The molecule has 4 nitrogen and oxygen atoms in total. The smallest absolute Gasteiger partial charge is 0.148 e. The second-order valence-corrected chi connectivity index (χ2v) is 4.52. The van der Waals surface area contributed by atoms with Crippen molar-refractivity contribution in [2.24, 2.45) is 5.73 Å². The summed E-state index contributed by atoms with van der Waals surface area (Å²) in [6, 6.07) is 0. The molecule has 1 fully saturated rings. The SMILES string of the molecule is Cc1nc(C2(N)CC2)nc2c1CCOC2. The van der Waals surface area contributed by atoms with Gasteiger partial charge in [0, 0.05) is 5.69 Å². The highest BCUT2D eigenvalue weighted by Crippen LogP contribution is 2.41. The lowest BCUT2D eigenvalue weighted by Gasteiger charge is -2.19. The molecule has 1 aromatic rings. The number of fused-ring (bicyclic) bond motifs is 1. The summed E-state index contributed by atoms with van der Waals surface area (Å²) in [4.78, 5) is 9.08. The van der Waals surface area contributed by atoms with E-state index in [1.54, 1.807) is 0 Å². The molecule has 2 aliphatic rings. The van der Waals surface area contributed by atoms with Crippen LogP contribution in [0.5, 0.6) is 0 Å². The van der Waals surface area contributed by atoms with Crippen molar-refractivity contribution in [1.82, 2.24) is 9.97 Å². The molecule has 3 rings (SSSR count). The fourth-order valence-corrected chi connectivity index (χ4v) is 2.02. The zero-order valence-electron chi connectivity index (χ0n) is 8.92. The van der Waals surface area contributed by atoms with Crippen LogP contribution in [0.3, 0.4) is 0 Å². The summed E-state index contributed by atoms with van der Waals surface area (Å²) in [5, 5.41) is 0. The number of nitrogens with zero attached hydrogens (tertiary/aromatic N) is 2. The Morgan fingerprint density at radius 3 is 2.87 bits per heavy atom. The van der Waals surface area contributed by atoms with Crippen molar-refractivity contribution in [3.8, 4) is 0 Å². The lowest BCUT2D eigenvalue weighted by atomic mass is 10.1.